The molecule has 0 saturated heterocycles. The van der Waals surface area contributed by atoms with Crippen molar-refractivity contribution < 1.29 is 14.7 Å². The molecule has 0 heterocycles. The fourth-order valence-corrected chi connectivity index (χ4v) is 2.51. The molecule has 3 N–H and O–H groups in total. The van der Waals surface area contributed by atoms with Gasteiger partial charge in [-0.1, -0.05) is 43.2 Å². The van der Waals surface area contributed by atoms with Crippen LogP contribution in [-0.2, 0) is 9.59 Å². The van der Waals surface area contributed by atoms with Gasteiger partial charge in [-0.3, -0.25) is 4.79 Å². The van der Waals surface area contributed by atoms with E-state index in [2.05, 4.69) is 10.6 Å². The van der Waals surface area contributed by atoms with Crippen LogP contribution in [0, 0.1) is 0 Å². The van der Waals surface area contributed by atoms with Crippen LogP contribution in [0.3, 0.4) is 0 Å². The Balaban J connectivity index is 1.87. The molecule has 2 rings (SSSR count). The Bertz CT molecular complexity index is 455. The number of hydrogen-bond acceptors (Lipinski definition) is 3. The molecule has 1 fully saturated rings. The molecular formula is C15H20N2O3. The number of aliphatic carboxylic acids is 1. The number of amides is 1. The van der Waals surface area contributed by atoms with Gasteiger partial charge in [0.2, 0.25) is 5.91 Å². The molecule has 0 spiro atoms. The van der Waals surface area contributed by atoms with E-state index in [0.29, 0.717) is 11.6 Å². The van der Waals surface area contributed by atoms with Crippen LogP contribution in [0.4, 0.5) is 0 Å². The Morgan fingerprint density at radius 1 is 1.20 bits per heavy atom. The van der Waals surface area contributed by atoms with Crippen molar-refractivity contribution in [3.8, 4) is 0 Å². The minimum Gasteiger partial charge on any atom is -0.479 e. The van der Waals surface area contributed by atoms with Gasteiger partial charge in [0.15, 0.2) is 6.04 Å². The lowest BCUT2D eigenvalue weighted by Gasteiger charge is -2.16. The van der Waals surface area contributed by atoms with Crippen molar-refractivity contribution in [1.82, 2.24) is 10.6 Å². The summed E-state index contributed by atoms with van der Waals surface area (Å²) in [7, 11) is 0. The zero-order chi connectivity index (χ0) is 14.4. The summed E-state index contributed by atoms with van der Waals surface area (Å²) in [6, 6.07) is 8.12. The minimum atomic E-state index is -1.05. The number of carbonyl (C=O) groups is 2. The van der Waals surface area contributed by atoms with Crippen molar-refractivity contribution >= 4 is 11.9 Å². The Morgan fingerprint density at radius 2 is 1.85 bits per heavy atom. The monoisotopic (exact) mass is 276 g/mol. The first kappa shape index (κ1) is 14.5. The van der Waals surface area contributed by atoms with E-state index in [1.807, 2.05) is 6.07 Å². The van der Waals surface area contributed by atoms with Crippen LogP contribution < -0.4 is 10.6 Å². The molecule has 1 aliphatic carbocycles. The van der Waals surface area contributed by atoms with Gasteiger partial charge >= 0.3 is 5.97 Å². The maximum Gasteiger partial charge on any atom is 0.330 e. The predicted octanol–water partition coefficient (Wildman–Crippen LogP) is 1.46. The molecule has 0 bridgehead atoms. The molecular weight excluding hydrogens is 256 g/mol. The highest BCUT2D eigenvalue weighted by molar-refractivity contribution is 5.85. The summed E-state index contributed by atoms with van der Waals surface area (Å²) in [5.74, 6) is -1.33. The molecule has 1 saturated carbocycles. The molecule has 20 heavy (non-hydrogen) atoms. The van der Waals surface area contributed by atoms with Gasteiger partial charge in [-0.2, -0.15) is 0 Å². The Morgan fingerprint density at radius 3 is 2.45 bits per heavy atom. The van der Waals surface area contributed by atoms with E-state index in [1.165, 1.54) is 12.8 Å². The molecule has 0 unspecified atom stereocenters. The summed E-state index contributed by atoms with van der Waals surface area (Å²) in [5, 5.41) is 14.9. The number of carboxylic acid groups (broad SMARTS) is 1. The van der Waals surface area contributed by atoms with Gasteiger partial charge in [-0.05, 0) is 18.4 Å². The third kappa shape index (κ3) is 4.06. The van der Waals surface area contributed by atoms with Gasteiger partial charge in [-0.15, -0.1) is 0 Å². The Hall–Kier alpha value is -1.88. The van der Waals surface area contributed by atoms with Crippen LogP contribution in [-0.4, -0.2) is 29.6 Å². The number of rotatable bonds is 6. The molecule has 5 nitrogen and oxygen atoms in total. The molecule has 0 radical (unpaired) electrons. The fraction of sp³-hybridized carbons (Fsp3) is 0.467. The first-order valence-corrected chi connectivity index (χ1v) is 6.97. The number of nitrogens with one attached hydrogen (secondary N) is 2. The van der Waals surface area contributed by atoms with E-state index < -0.39 is 12.0 Å². The second-order valence-corrected chi connectivity index (χ2v) is 5.11. The zero-order valence-corrected chi connectivity index (χ0v) is 11.3. The summed E-state index contributed by atoms with van der Waals surface area (Å²) in [6.07, 6.45) is 4.57. The van der Waals surface area contributed by atoms with E-state index in [9.17, 15) is 14.7 Å². The molecule has 5 heteroatoms. The molecule has 1 aromatic carbocycles. The molecule has 0 aliphatic heterocycles. The highest BCUT2D eigenvalue weighted by Gasteiger charge is 2.22. The van der Waals surface area contributed by atoms with Crippen molar-refractivity contribution in [2.75, 3.05) is 6.54 Å². The first-order valence-electron chi connectivity index (χ1n) is 6.97. The van der Waals surface area contributed by atoms with Gasteiger partial charge in [0.25, 0.3) is 0 Å². The number of benzene rings is 1. The summed E-state index contributed by atoms with van der Waals surface area (Å²) >= 11 is 0. The molecule has 1 aliphatic rings. The quantitative estimate of drug-likeness (QED) is 0.735. The van der Waals surface area contributed by atoms with Crippen LogP contribution in [0.5, 0.6) is 0 Å². The molecule has 0 aromatic heterocycles. The van der Waals surface area contributed by atoms with Gasteiger partial charge in [0, 0.05) is 6.04 Å². The fourth-order valence-electron chi connectivity index (χ4n) is 2.51. The van der Waals surface area contributed by atoms with Gasteiger partial charge in [-0.25, -0.2) is 4.79 Å². The summed E-state index contributed by atoms with van der Waals surface area (Å²) < 4.78 is 0. The summed E-state index contributed by atoms with van der Waals surface area (Å²) in [5.41, 5.74) is 0.578. The summed E-state index contributed by atoms with van der Waals surface area (Å²) in [4.78, 5) is 23.1. The van der Waals surface area contributed by atoms with Crippen LogP contribution in [0.15, 0.2) is 30.3 Å². The van der Waals surface area contributed by atoms with E-state index in [-0.39, 0.29) is 12.5 Å². The third-order valence-corrected chi connectivity index (χ3v) is 3.59. The van der Waals surface area contributed by atoms with E-state index in [0.717, 1.165) is 12.8 Å². The van der Waals surface area contributed by atoms with Crippen molar-refractivity contribution in [2.45, 2.75) is 37.8 Å². The second kappa shape index (κ2) is 7.05. The highest BCUT2D eigenvalue weighted by Crippen LogP contribution is 2.17. The van der Waals surface area contributed by atoms with Crippen LogP contribution in [0.1, 0.15) is 37.3 Å². The lowest BCUT2D eigenvalue weighted by molar-refractivity contribution is -0.141. The van der Waals surface area contributed by atoms with Crippen molar-refractivity contribution in [1.29, 1.82) is 0 Å². The van der Waals surface area contributed by atoms with E-state index in [1.54, 1.807) is 24.3 Å². The zero-order valence-electron chi connectivity index (χ0n) is 11.3. The average Bonchev–Trinajstić information content (AvgIpc) is 2.96. The number of carbonyl (C=O) groups excluding carboxylic acids is 1. The van der Waals surface area contributed by atoms with Crippen molar-refractivity contribution in [2.24, 2.45) is 0 Å². The predicted molar refractivity (Wildman–Crippen MR) is 75.2 cm³/mol. The molecule has 108 valence electrons. The SMILES string of the molecule is O=C(CNC1CCCC1)N[C@@H](C(=O)O)c1ccccc1. The van der Waals surface area contributed by atoms with Crippen molar-refractivity contribution in [3.05, 3.63) is 35.9 Å². The van der Waals surface area contributed by atoms with Gasteiger partial charge in [0.05, 0.1) is 6.54 Å². The largest absolute Gasteiger partial charge is 0.479 e. The van der Waals surface area contributed by atoms with Crippen LogP contribution in [0.2, 0.25) is 0 Å². The minimum absolute atomic E-state index is 0.168. The maximum absolute atomic E-state index is 11.9. The number of carboxylic acids is 1. The van der Waals surface area contributed by atoms with E-state index in [4.69, 9.17) is 0 Å². The van der Waals surface area contributed by atoms with E-state index >= 15 is 0 Å². The lowest BCUT2D eigenvalue weighted by atomic mass is 10.1. The van der Waals surface area contributed by atoms with Gasteiger partial charge in [0.1, 0.15) is 0 Å². The van der Waals surface area contributed by atoms with Gasteiger partial charge < -0.3 is 15.7 Å². The smallest absolute Gasteiger partial charge is 0.330 e. The third-order valence-electron chi connectivity index (χ3n) is 3.59. The van der Waals surface area contributed by atoms with Crippen LogP contribution in [0.25, 0.3) is 0 Å². The molecule has 1 amide bonds. The second-order valence-electron chi connectivity index (χ2n) is 5.11. The standard InChI is InChI=1S/C15H20N2O3/c18-13(10-16-12-8-4-5-9-12)17-14(15(19)20)11-6-2-1-3-7-11/h1-3,6-7,12,14,16H,4-5,8-10H2,(H,17,18)(H,19,20)/t14-/m1/s1. The Kier molecular flexibility index (Phi) is 5.12. The lowest BCUT2D eigenvalue weighted by Crippen LogP contribution is -2.41. The highest BCUT2D eigenvalue weighted by atomic mass is 16.4. The number of hydrogen-bond donors (Lipinski definition) is 3. The van der Waals surface area contributed by atoms with Crippen LogP contribution >= 0.6 is 0 Å². The maximum atomic E-state index is 11.9. The topological polar surface area (TPSA) is 78.4 Å². The first-order chi connectivity index (χ1) is 9.66. The molecule has 1 aromatic rings. The normalized spacial score (nSPS) is 16.8. The summed E-state index contributed by atoms with van der Waals surface area (Å²) in [6.45, 7) is 0.168. The molecule has 1 atom stereocenters. The average molecular weight is 276 g/mol. The Labute approximate surface area is 118 Å². The van der Waals surface area contributed by atoms with Crippen molar-refractivity contribution in [3.63, 3.8) is 0 Å².